The number of anilines is 1. The van der Waals surface area contributed by atoms with Crippen molar-refractivity contribution in [1.29, 1.82) is 0 Å². The van der Waals surface area contributed by atoms with E-state index < -0.39 is 0 Å². The van der Waals surface area contributed by atoms with E-state index in [9.17, 15) is 9.59 Å². The molecule has 1 saturated heterocycles. The Morgan fingerprint density at radius 3 is 2.45 bits per heavy atom. The monoisotopic (exact) mass is 431 g/mol. The third-order valence-corrected chi connectivity index (χ3v) is 4.89. The summed E-state index contributed by atoms with van der Waals surface area (Å²) in [6, 6.07) is 5.67. The standard InChI is InChI=1S/C15H19Br2N3O2/c1-19(2)15(22)20-7-5-10(6-8-20)14(21)18-13-9-11(16)3-4-12(13)17/h3-4,9-10H,5-8H2,1-2H3,(H,18,21). The van der Waals surface area contributed by atoms with Crippen LogP contribution in [0.2, 0.25) is 0 Å². The maximum Gasteiger partial charge on any atom is 0.319 e. The lowest BCUT2D eigenvalue weighted by atomic mass is 9.96. The van der Waals surface area contributed by atoms with Crippen LogP contribution in [0.3, 0.4) is 0 Å². The number of halogens is 2. The molecule has 0 aliphatic carbocycles. The van der Waals surface area contributed by atoms with E-state index in [4.69, 9.17) is 0 Å². The highest BCUT2D eigenvalue weighted by molar-refractivity contribution is 9.11. The largest absolute Gasteiger partial charge is 0.331 e. The molecular weight excluding hydrogens is 414 g/mol. The number of nitrogens with one attached hydrogen (secondary N) is 1. The molecule has 5 nitrogen and oxygen atoms in total. The van der Waals surface area contributed by atoms with Gasteiger partial charge in [-0.1, -0.05) is 15.9 Å². The van der Waals surface area contributed by atoms with Crippen LogP contribution in [0.25, 0.3) is 0 Å². The molecule has 1 aromatic rings. The average molecular weight is 433 g/mol. The van der Waals surface area contributed by atoms with E-state index >= 15 is 0 Å². The second kappa shape index (κ2) is 7.46. The van der Waals surface area contributed by atoms with Gasteiger partial charge in [0.25, 0.3) is 0 Å². The first kappa shape index (κ1) is 17.3. The van der Waals surface area contributed by atoms with Crippen molar-refractivity contribution in [3.8, 4) is 0 Å². The number of urea groups is 1. The molecule has 0 spiro atoms. The number of rotatable bonds is 2. The summed E-state index contributed by atoms with van der Waals surface area (Å²) in [7, 11) is 3.48. The predicted octanol–water partition coefficient (Wildman–Crippen LogP) is 3.54. The molecule has 1 aromatic carbocycles. The van der Waals surface area contributed by atoms with Crippen LogP contribution in [0.1, 0.15) is 12.8 Å². The number of hydrogen-bond acceptors (Lipinski definition) is 2. The number of likely N-dealkylation sites (tertiary alicyclic amines) is 1. The number of benzene rings is 1. The molecule has 2 rings (SSSR count). The molecule has 0 aromatic heterocycles. The van der Waals surface area contributed by atoms with Gasteiger partial charge in [-0.3, -0.25) is 4.79 Å². The van der Waals surface area contributed by atoms with Gasteiger partial charge in [0.1, 0.15) is 0 Å². The molecule has 0 unspecified atom stereocenters. The summed E-state index contributed by atoms with van der Waals surface area (Å²) in [5.74, 6) is -0.0483. The van der Waals surface area contributed by atoms with Gasteiger partial charge >= 0.3 is 6.03 Å². The van der Waals surface area contributed by atoms with Crippen LogP contribution in [0.4, 0.5) is 10.5 Å². The fraction of sp³-hybridized carbons (Fsp3) is 0.467. The Bertz CT molecular complexity index is 570. The van der Waals surface area contributed by atoms with Crippen LogP contribution in [-0.2, 0) is 4.79 Å². The molecule has 7 heteroatoms. The zero-order chi connectivity index (χ0) is 16.3. The van der Waals surface area contributed by atoms with Crippen molar-refractivity contribution in [2.24, 2.45) is 5.92 Å². The Labute approximate surface area is 147 Å². The topological polar surface area (TPSA) is 52.7 Å². The number of nitrogens with zero attached hydrogens (tertiary/aromatic N) is 2. The normalized spacial score (nSPS) is 15.5. The van der Waals surface area contributed by atoms with E-state index in [1.54, 1.807) is 23.9 Å². The van der Waals surface area contributed by atoms with Crippen molar-refractivity contribution in [2.45, 2.75) is 12.8 Å². The highest BCUT2D eigenvalue weighted by Gasteiger charge is 2.28. The van der Waals surface area contributed by atoms with Crippen LogP contribution in [0, 0.1) is 5.92 Å². The quantitative estimate of drug-likeness (QED) is 0.776. The molecule has 1 fully saturated rings. The van der Waals surface area contributed by atoms with E-state index in [0.29, 0.717) is 25.9 Å². The molecule has 120 valence electrons. The summed E-state index contributed by atoms with van der Waals surface area (Å²) in [5, 5.41) is 2.96. The average Bonchev–Trinajstić information content (AvgIpc) is 2.50. The zero-order valence-electron chi connectivity index (χ0n) is 12.6. The Balaban J connectivity index is 1.93. The fourth-order valence-electron chi connectivity index (χ4n) is 2.44. The molecule has 0 saturated carbocycles. The van der Waals surface area contributed by atoms with Gasteiger partial charge in [0.2, 0.25) is 5.91 Å². The van der Waals surface area contributed by atoms with Crippen molar-refractivity contribution in [1.82, 2.24) is 9.80 Å². The first-order valence-electron chi connectivity index (χ1n) is 7.10. The van der Waals surface area contributed by atoms with Gasteiger partial charge in [-0.15, -0.1) is 0 Å². The third-order valence-electron chi connectivity index (χ3n) is 3.71. The Morgan fingerprint density at radius 2 is 1.86 bits per heavy atom. The van der Waals surface area contributed by atoms with Gasteiger partial charge in [0.05, 0.1) is 5.69 Å². The first-order valence-corrected chi connectivity index (χ1v) is 8.69. The minimum absolute atomic E-state index is 0.00796. The van der Waals surface area contributed by atoms with Crippen molar-refractivity contribution in [2.75, 3.05) is 32.5 Å². The van der Waals surface area contributed by atoms with Crippen molar-refractivity contribution in [3.05, 3.63) is 27.1 Å². The van der Waals surface area contributed by atoms with E-state index in [2.05, 4.69) is 37.2 Å². The highest BCUT2D eigenvalue weighted by atomic mass is 79.9. The summed E-state index contributed by atoms with van der Waals surface area (Å²) in [5.41, 5.74) is 0.756. The predicted molar refractivity (Wildman–Crippen MR) is 93.9 cm³/mol. The molecule has 3 amide bonds. The van der Waals surface area contributed by atoms with Gasteiger partial charge in [0.15, 0.2) is 0 Å². The van der Waals surface area contributed by atoms with Gasteiger partial charge in [-0.05, 0) is 47.0 Å². The van der Waals surface area contributed by atoms with Crippen molar-refractivity contribution >= 4 is 49.5 Å². The molecule has 1 heterocycles. The van der Waals surface area contributed by atoms with Crippen molar-refractivity contribution < 1.29 is 9.59 Å². The van der Waals surface area contributed by atoms with Crippen LogP contribution in [0.15, 0.2) is 27.1 Å². The maximum absolute atomic E-state index is 12.4. The summed E-state index contributed by atoms with van der Waals surface area (Å²) >= 11 is 6.83. The Kier molecular flexibility index (Phi) is 5.86. The molecule has 1 aliphatic heterocycles. The van der Waals surface area contributed by atoms with Gasteiger partial charge in [-0.25, -0.2) is 4.79 Å². The van der Waals surface area contributed by atoms with Crippen molar-refractivity contribution in [3.63, 3.8) is 0 Å². The molecule has 1 N–H and O–H groups in total. The number of carbonyl (C=O) groups is 2. The molecule has 1 aliphatic rings. The minimum atomic E-state index is -0.0582. The smallest absolute Gasteiger partial charge is 0.319 e. The fourth-order valence-corrected chi connectivity index (χ4v) is 3.15. The summed E-state index contributed by atoms with van der Waals surface area (Å²) in [4.78, 5) is 27.6. The van der Waals surface area contributed by atoms with E-state index in [1.165, 1.54) is 0 Å². The van der Waals surface area contributed by atoms with Crippen LogP contribution in [-0.4, -0.2) is 48.9 Å². The Morgan fingerprint density at radius 1 is 1.23 bits per heavy atom. The lowest BCUT2D eigenvalue weighted by molar-refractivity contribution is -0.121. The van der Waals surface area contributed by atoms with E-state index in [-0.39, 0.29) is 17.9 Å². The molecule has 0 atom stereocenters. The van der Waals surface area contributed by atoms with Crippen LogP contribution in [0.5, 0.6) is 0 Å². The van der Waals surface area contributed by atoms with Gasteiger partial charge in [-0.2, -0.15) is 0 Å². The minimum Gasteiger partial charge on any atom is -0.331 e. The molecule has 0 radical (unpaired) electrons. The highest BCUT2D eigenvalue weighted by Crippen LogP contribution is 2.28. The van der Waals surface area contributed by atoms with Gasteiger partial charge in [0, 0.05) is 42.0 Å². The number of piperidine rings is 1. The summed E-state index contributed by atoms with van der Waals surface area (Å²) in [6.45, 7) is 1.24. The van der Waals surface area contributed by atoms with E-state index in [0.717, 1.165) is 14.6 Å². The Hall–Kier alpha value is -1.08. The zero-order valence-corrected chi connectivity index (χ0v) is 15.8. The van der Waals surface area contributed by atoms with E-state index in [1.807, 2.05) is 18.2 Å². The molecule has 0 bridgehead atoms. The molecular formula is C15H19Br2N3O2. The lowest BCUT2D eigenvalue weighted by Gasteiger charge is -2.33. The summed E-state index contributed by atoms with van der Waals surface area (Å²) in [6.07, 6.45) is 1.38. The third kappa shape index (κ3) is 4.23. The molecule has 22 heavy (non-hydrogen) atoms. The first-order chi connectivity index (χ1) is 10.4. The number of hydrogen-bond donors (Lipinski definition) is 1. The number of carbonyl (C=O) groups excluding carboxylic acids is 2. The second-order valence-corrected chi connectivity index (χ2v) is 7.32. The second-order valence-electron chi connectivity index (χ2n) is 5.55. The van der Waals surface area contributed by atoms with Crippen LogP contribution < -0.4 is 5.32 Å². The lowest BCUT2D eigenvalue weighted by Crippen LogP contribution is -2.45. The van der Waals surface area contributed by atoms with Crippen LogP contribution >= 0.6 is 31.9 Å². The summed E-state index contributed by atoms with van der Waals surface area (Å²) < 4.78 is 1.77. The van der Waals surface area contributed by atoms with Gasteiger partial charge < -0.3 is 15.1 Å². The SMILES string of the molecule is CN(C)C(=O)N1CCC(C(=O)Nc2cc(Br)ccc2Br)CC1. The maximum atomic E-state index is 12.4. The number of amides is 3.